The molecule has 0 saturated heterocycles. The van der Waals surface area contributed by atoms with E-state index < -0.39 is 0 Å². The van der Waals surface area contributed by atoms with Gasteiger partial charge in [-0.3, -0.25) is 0 Å². The lowest BCUT2D eigenvalue weighted by molar-refractivity contribution is 0.178. The molecular formula is C22H33N3O2S. The maximum Gasteiger partial charge on any atom is 0.318 e. The zero-order valence-corrected chi connectivity index (χ0v) is 18.9. The van der Waals surface area contributed by atoms with E-state index in [1.165, 1.54) is 11.1 Å². The van der Waals surface area contributed by atoms with Crippen molar-refractivity contribution in [2.45, 2.75) is 67.2 Å². The van der Waals surface area contributed by atoms with Gasteiger partial charge in [0.15, 0.2) is 0 Å². The largest absolute Gasteiger partial charge is 0.486 e. The number of nitrogens with zero attached hydrogens (tertiary/aromatic N) is 2. The summed E-state index contributed by atoms with van der Waals surface area (Å²) < 4.78 is 5.88. The smallest absolute Gasteiger partial charge is 0.318 e. The number of urea groups is 1. The molecule has 5 nitrogen and oxygen atoms in total. The summed E-state index contributed by atoms with van der Waals surface area (Å²) in [6.07, 6.45) is 0. The molecule has 1 aromatic carbocycles. The Morgan fingerprint density at radius 1 is 1.25 bits per heavy atom. The van der Waals surface area contributed by atoms with Crippen molar-refractivity contribution in [2.75, 3.05) is 6.54 Å². The Hall–Kier alpha value is -2.08. The highest BCUT2D eigenvalue weighted by atomic mass is 32.1. The fourth-order valence-electron chi connectivity index (χ4n) is 2.69. The molecule has 0 atom stereocenters. The van der Waals surface area contributed by atoms with Crippen LogP contribution in [0.4, 0.5) is 4.79 Å². The summed E-state index contributed by atoms with van der Waals surface area (Å²) in [5, 5.41) is 5.97. The van der Waals surface area contributed by atoms with Crippen molar-refractivity contribution in [2.24, 2.45) is 5.92 Å². The molecule has 0 aliphatic heterocycles. The van der Waals surface area contributed by atoms with E-state index in [9.17, 15) is 4.79 Å². The van der Waals surface area contributed by atoms with E-state index in [0.717, 1.165) is 16.5 Å². The Balaban J connectivity index is 1.99. The quantitative estimate of drug-likeness (QED) is 0.682. The van der Waals surface area contributed by atoms with Gasteiger partial charge < -0.3 is 15.0 Å². The number of aryl methyl sites for hydroxylation is 2. The summed E-state index contributed by atoms with van der Waals surface area (Å²) in [6.45, 7) is 16.0. The monoisotopic (exact) mass is 403 g/mol. The molecule has 6 heteroatoms. The number of carbonyl (C=O) groups excluding carboxylic acids is 1. The fourth-order valence-corrected chi connectivity index (χ4v) is 3.39. The normalized spacial score (nSPS) is 11.6. The van der Waals surface area contributed by atoms with Gasteiger partial charge in [-0.05, 0) is 63.8 Å². The Bertz CT molecular complexity index is 793. The van der Waals surface area contributed by atoms with Crippen LogP contribution in [0.1, 0.15) is 56.4 Å². The van der Waals surface area contributed by atoms with Crippen LogP contribution in [0.5, 0.6) is 5.75 Å². The molecule has 28 heavy (non-hydrogen) atoms. The Labute approximate surface area is 173 Å². The molecule has 2 aromatic rings. The van der Waals surface area contributed by atoms with Gasteiger partial charge in [0.2, 0.25) is 0 Å². The van der Waals surface area contributed by atoms with Gasteiger partial charge in [-0.15, -0.1) is 11.3 Å². The van der Waals surface area contributed by atoms with Crippen molar-refractivity contribution >= 4 is 17.4 Å². The first-order chi connectivity index (χ1) is 13.0. The summed E-state index contributed by atoms with van der Waals surface area (Å²) in [4.78, 5) is 19.1. The third kappa shape index (κ3) is 7.15. The third-order valence-corrected chi connectivity index (χ3v) is 5.02. The Kier molecular flexibility index (Phi) is 7.47. The molecule has 154 valence electrons. The minimum Gasteiger partial charge on any atom is -0.486 e. The number of nitrogens with one attached hydrogen (secondary N) is 1. The molecule has 2 amide bonds. The molecule has 2 rings (SSSR count). The molecule has 1 aromatic heterocycles. The van der Waals surface area contributed by atoms with E-state index >= 15 is 0 Å². The lowest BCUT2D eigenvalue weighted by Gasteiger charge is -2.29. The maximum atomic E-state index is 12.6. The number of hydrogen-bond donors (Lipinski definition) is 1. The van der Waals surface area contributed by atoms with Crippen LogP contribution in [0.2, 0.25) is 0 Å². The summed E-state index contributed by atoms with van der Waals surface area (Å²) in [5.41, 5.74) is 3.10. The molecule has 0 saturated carbocycles. The highest BCUT2D eigenvalue weighted by Gasteiger charge is 2.21. The minimum atomic E-state index is -0.264. The second kappa shape index (κ2) is 9.41. The fraction of sp³-hybridized carbons (Fsp3) is 0.545. The third-order valence-electron chi connectivity index (χ3n) is 4.15. The summed E-state index contributed by atoms with van der Waals surface area (Å²) in [5.74, 6) is 1.24. The number of benzene rings is 1. The first-order valence-corrected chi connectivity index (χ1v) is 10.6. The summed E-state index contributed by atoms with van der Waals surface area (Å²) in [6, 6.07) is 6.04. The molecule has 0 radical (unpaired) electrons. The first-order valence-electron chi connectivity index (χ1n) is 9.74. The standard InChI is InChI=1S/C22H33N3O2S/c1-15(2)11-25(21(26)24-22(5,6)7)12-18-14-28-20(23-18)13-27-19-9-8-16(3)17(4)10-19/h8-10,14-15H,11-13H2,1-7H3,(H,24,26). The topological polar surface area (TPSA) is 54.5 Å². The van der Waals surface area contributed by atoms with E-state index in [2.05, 4.69) is 44.1 Å². The molecule has 0 spiro atoms. The van der Waals surface area contributed by atoms with E-state index in [1.54, 1.807) is 11.3 Å². The number of carbonyl (C=O) groups is 1. The number of hydrogen-bond acceptors (Lipinski definition) is 4. The lowest BCUT2D eigenvalue weighted by atomic mass is 10.1. The van der Waals surface area contributed by atoms with Crippen molar-refractivity contribution in [3.8, 4) is 5.75 Å². The molecule has 0 bridgehead atoms. The van der Waals surface area contributed by atoms with Gasteiger partial charge in [-0.25, -0.2) is 9.78 Å². The van der Waals surface area contributed by atoms with Crippen LogP contribution in [-0.2, 0) is 13.2 Å². The van der Waals surface area contributed by atoms with Crippen LogP contribution in [-0.4, -0.2) is 28.0 Å². The number of rotatable bonds is 7. The van der Waals surface area contributed by atoms with Crippen LogP contribution < -0.4 is 10.1 Å². The van der Waals surface area contributed by atoms with Crippen molar-refractivity contribution < 1.29 is 9.53 Å². The second-order valence-corrected chi connectivity index (χ2v) is 9.66. The Morgan fingerprint density at radius 3 is 2.57 bits per heavy atom. The average Bonchev–Trinajstić information content (AvgIpc) is 3.01. The van der Waals surface area contributed by atoms with E-state index in [0.29, 0.717) is 25.6 Å². The van der Waals surface area contributed by atoms with Crippen LogP contribution in [0.25, 0.3) is 0 Å². The van der Waals surface area contributed by atoms with Crippen molar-refractivity contribution in [1.29, 1.82) is 0 Å². The number of amides is 2. The van der Waals surface area contributed by atoms with Crippen molar-refractivity contribution in [3.63, 3.8) is 0 Å². The molecule has 0 unspecified atom stereocenters. The van der Waals surface area contributed by atoms with Gasteiger partial charge in [0.05, 0.1) is 12.2 Å². The predicted molar refractivity (Wildman–Crippen MR) is 116 cm³/mol. The lowest BCUT2D eigenvalue weighted by Crippen LogP contribution is -2.49. The van der Waals surface area contributed by atoms with Gasteiger partial charge in [-0.1, -0.05) is 19.9 Å². The number of thiazole rings is 1. The van der Waals surface area contributed by atoms with Crippen LogP contribution in [0, 0.1) is 19.8 Å². The maximum absolute atomic E-state index is 12.6. The van der Waals surface area contributed by atoms with Crippen LogP contribution in [0.3, 0.4) is 0 Å². The average molecular weight is 404 g/mol. The van der Waals surface area contributed by atoms with E-state index in [4.69, 9.17) is 4.74 Å². The molecule has 1 heterocycles. The van der Waals surface area contributed by atoms with Crippen LogP contribution >= 0.6 is 11.3 Å². The molecule has 1 N–H and O–H groups in total. The van der Waals surface area contributed by atoms with Crippen LogP contribution in [0.15, 0.2) is 23.6 Å². The minimum absolute atomic E-state index is 0.0536. The molecular weight excluding hydrogens is 370 g/mol. The molecule has 0 aliphatic rings. The number of ether oxygens (including phenoxy) is 1. The zero-order chi connectivity index (χ0) is 20.9. The highest BCUT2D eigenvalue weighted by Crippen LogP contribution is 2.20. The van der Waals surface area contributed by atoms with Crippen molar-refractivity contribution in [3.05, 3.63) is 45.4 Å². The van der Waals surface area contributed by atoms with E-state index in [-0.39, 0.29) is 11.6 Å². The van der Waals surface area contributed by atoms with Gasteiger partial charge in [0.1, 0.15) is 17.4 Å². The SMILES string of the molecule is Cc1ccc(OCc2nc(CN(CC(C)C)C(=O)NC(C)(C)C)cs2)cc1C. The molecule has 0 fully saturated rings. The van der Waals surface area contributed by atoms with Crippen molar-refractivity contribution in [1.82, 2.24) is 15.2 Å². The summed E-state index contributed by atoms with van der Waals surface area (Å²) in [7, 11) is 0. The highest BCUT2D eigenvalue weighted by molar-refractivity contribution is 7.09. The van der Waals surface area contributed by atoms with Gasteiger partial charge in [-0.2, -0.15) is 0 Å². The predicted octanol–water partition coefficient (Wildman–Crippen LogP) is 5.31. The Morgan fingerprint density at radius 2 is 1.96 bits per heavy atom. The van der Waals surface area contributed by atoms with Gasteiger partial charge in [0.25, 0.3) is 0 Å². The second-order valence-electron chi connectivity index (χ2n) is 8.72. The zero-order valence-electron chi connectivity index (χ0n) is 18.1. The van der Waals surface area contributed by atoms with E-state index in [1.807, 2.05) is 43.2 Å². The summed E-state index contributed by atoms with van der Waals surface area (Å²) >= 11 is 1.57. The first kappa shape index (κ1) is 22.2. The van der Waals surface area contributed by atoms with Gasteiger partial charge in [0, 0.05) is 17.5 Å². The van der Waals surface area contributed by atoms with Gasteiger partial charge >= 0.3 is 6.03 Å². The number of aromatic nitrogens is 1. The molecule has 0 aliphatic carbocycles.